The van der Waals surface area contributed by atoms with Crippen molar-refractivity contribution < 1.29 is 4.74 Å². The lowest BCUT2D eigenvalue weighted by atomic mass is 10.0. The number of nitrogens with one attached hydrogen (secondary N) is 1. The van der Waals surface area contributed by atoms with E-state index in [2.05, 4.69) is 31.4 Å². The number of ether oxygens (including phenoxy) is 1. The Balaban J connectivity index is 1.45. The minimum absolute atomic E-state index is 0.557. The lowest BCUT2D eigenvalue weighted by molar-refractivity contribution is 0.0388. The summed E-state index contributed by atoms with van der Waals surface area (Å²) in [5.41, 5.74) is 1.33. The third-order valence-electron chi connectivity index (χ3n) is 4.71. The van der Waals surface area contributed by atoms with Crippen molar-refractivity contribution in [1.29, 1.82) is 0 Å². The standard InChI is InChI=1S/C16H28N6O/c1-17-16(18-4-6-21-7-9-23-10-8-21)22-5-3-14(13-22)15-11-19-20(2)12-15/h11-12,14H,3-10,13H2,1-2H3,(H,17,18). The maximum atomic E-state index is 5.38. The summed E-state index contributed by atoms with van der Waals surface area (Å²) in [6.07, 6.45) is 5.28. The SMILES string of the molecule is CN=C(NCCN1CCOCC1)N1CCC(c2cnn(C)c2)C1. The Bertz CT molecular complexity index is 522. The van der Waals surface area contributed by atoms with Crippen LogP contribution in [0.4, 0.5) is 0 Å². The molecule has 0 aromatic carbocycles. The Morgan fingerprint density at radius 1 is 1.39 bits per heavy atom. The maximum Gasteiger partial charge on any atom is 0.193 e. The Morgan fingerprint density at radius 2 is 2.22 bits per heavy atom. The number of aliphatic imine (C=N–C) groups is 1. The van der Waals surface area contributed by atoms with Gasteiger partial charge in [-0.25, -0.2) is 0 Å². The quantitative estimate of drug-likeness (QED) is 0.631. The number of rotatable bonds is 4. The molecule has 1 atom stereocenters. The molecule has 1 aromatic heterocycles. The van der Waals surface area contributed by atoms with Gasteiger partial charge in [0.25, 0.3) is 0 Å². The van der Waals surface area contributed by atoms with Gasteiger partial charge in [-0.2, -0.15) is 5.10 Å². The molecule has 1 aromatic rings. The molecule has 23 heavy (non-hydrogen) atoms. The second-order valence-electron chi connectivity index (χ2n) is 6.31. The van der Waals surface area contributed by atoms with Crippen molar-refractivity contribution in [2.45, 2.75) is 12.3 Å². The zero-order valence-corrected chi connectivity index (χ0v) is 14.2. The molecule has 0 amide bonds. The van der Waals surface area contributed by atoms with Gasteiger partial charge in [0.1, 0.15) is 0 Å². The maximum absolute atomic E-state index is 5.38. The van der Waals surface area contributed by atoms with Crippen molar-refractivity contribution in [3.05, 3.63) is 18.0 Å². The zero-order valence-electron chi connectivity index (χ0n) is 14.2. The summed E-state index contributed by atoms with van der Waals surface area (Å²) in [6, 6.07) is 0. The van der Waals surface area contributed by atoms with Crippen molar-refractivity contribution in [3.63, 3.8) is 0 Å². The molecule has 2 saturated heterocycles. The van der Waals surface area contributed by atoms with E-state index in [-0.39, 0.29) is 0 Å². The van der Waals surface area contributed by atoms with Gasteiger partial charge in [0.15, 0.2) is 5.96 Å². The highest BCUT2D eigenvalue weighted by Gasteiger charge is 2.26. The van der Waals surface area contributed by atoms with Crippen LogP contribution in [-0.2, 0) is 11.8 Å². The second kappa shape index (κ2) is 7.79. The van der Waals surface area contributed by atoms with E-state index in [9.17, 15) is 0 Å². The molecule has 0 bridgehead atoms. The first-order chi connectivity index (χ1) is 11.3. The van der Waals surface area contributed by atoms with Crippen molar-refractivity contribution in [2.75, 3.05) is 59.5 Å². The van der Waals surface area contributed by atoms with E-state index >= 15 is 0 Å². The number of hydrogen-bond donors (Lipinski definition) is 1. The lowest BCUT2D eigenvalue weighted by Gasteiger charge is -2.28. The minimum Gasteiger partial charge on any atom is -0.379 e. The van der Waals surface area contributed by atoms with E-state index in [1.807, 2.05) is 25.0 Å². The molecular formula is C16H28N6O. The molecule has 1 unspecified atom stereocenters. The van der Waals surface area contributed by atoms with E-state index in [0.29, 0.717) is 5.92 Å². The predicted octanol–water partition coefficient (Wildman–Crippen LogP) is 0.117. The molecule has 7 heteroatoms. The first-order valence-electron chi connectivity index (χ1n) is 8.50. The number of guanidine groups is 1. The van der Waals surface area contributed by atoms with E-state index < -0.39 is 0 Å². The topological polar surface area (TPSA) is 57.9 Å². The van der Waals surface area contributed by atoms with Gasteiger partial charge in [-0.1, -0.05) is 0 Å². The Kier molecular flexibility index (Phi) is 5.51. The highest BCUT2D eigenvalue weighted by molar-refractivity contribution is 5.80. The highest BCUT2D eigenvalue weighted by Crippen LogP contribution is 2.26. The van der Waals surface area contributed by atoms with E-state index in [1.165, 1.54) is 5.56 Å². The smallest absolute Gasteiger partial charge is 0.193 e. The third-order valence-corrected chi connectivity index (χ3v) is 4.71. The minimum atomic E-state index is 0.557. The van der Waals surface area contributed by atoms with Crippen LogP contribution in [-0.4, -0.2) is 85.1 Å². The van der Waals surface area contributed by atoms with Crippen LogP contribution in [0.25, 0.3) is 0 Å². The molecule has 1 N–H and O–H groups in total. The number of likely N-dealkylation sites (tertiary alicyclic amines) is 1. The van der Waals surface area contributed by atoms with Crippen LogP contribution in [0.5, 0.6) is 0 Å². The fourth-order valence-electron chi connectivity index (χ4n) is 3.36. The average Bonchev–Trinajstić information content (AvgIpc) is 3.21. The van der Waals surface area contributed by atoms with Crippen molar-refractivity contribution in [2.24, 2.45) is 12.0 Å². The van der Waals surface area contributed by atoms with Crippen LogP contribution in [0.3, 0.4) is 0 Å². The molecule has 128 valence electrons. The number of nitrogens with zero attached hydrogens (tertiary/aromatic N) is 5. The molecule has 0 radical (unpaired) electrons. The van der Waals surface area contributed by atoms with Crippen LogP contribution in [0.1, 0.15) is 17.9 Å². The predicted molar refractivity (Wildman–Crippen MR) is 90.8 cm³/mol. The molecular weight excluding hydrogens is 292 g/mol. The van der Waals surface area contributed by atoms with Gasteiger partial charge in [-0.15, -0.1) is 0 Å². The Hall–Kier alpha value is -1.60. The first kappa shape index (κ1) is 16.3. The third kappa shape index (κ3) is 4.23. The number of aryl methyl sites for hydroxylation is 1. The Labute approximate surface area is 138 Å². The first-order valence-corrected chi connectivity index (χ1v) is 8.50. The molecule has 3 rings (SSSR count). The summed E-state index contributed by atoms with van der Waals surface area (Å²) in [6.45, 7) is 7.82. The summed E-state index contributed by atoms with van der Waals surface area (Å²) in [5.74, 6) is 1.58. The summed E-state index contributed by atoms with van der Waals surface area (Å²) < 4.78 is 7.27. The number of aromatic nitrogens is 2. The van der Waals surface area contributed by atoms with E-state index in [0.717, 1.165) is 64.9 Å². The monoisotopic (exact) mass is 320 g/mol. The van der Waals surface area contributed by atoms with Crippen LogP contribution in [0.2, 0.25) is 0 Å². The molecule has 0 aliphatic carbocycles. The van der Waals surface area contributed by atoms with Gasteiger partial charge in [0.2, 0.25) is 0 Å². The molecule has 2 aliphatic rings. The average molecular weight is 320 g/mol. The van der Waals surface area contributed by atoms with Gasteiger partial charge >= 0.3 is 0 Å². The summed E-state index contributed by atoms with van der Waals surface area (Å²) in [5, 5.41) is 7.80. The summed E-state index contributed by atoms with van der Waals surface area (Å²) in [7, 11) is 3.84. The van der Waals surface area contributed by atoms with Crippen LogP contribution in [0, 0.1) is 0 Å². The number of hydrogen-bond acceptors (Lipinski definition) is 4. The van der Waals surface area contributed by atoms with Gasteiger partial charge in [-0.05, 0) is 12.0 Å². The zero-order chi connectivity index (χ0) is 16.1. The molecule has 0 spiro atoms. The molecule has 3 heterocycles. The molecule has 2 fully saturated rings. The number of morpholine rings is 1. The van der Waals surface area contributed by atoms with Crippen molar-refractivity contribution in [1.82, 2.24) is 24.9 Å². The highest BCUT2D eigenvalue weighted by atomic mass is 16.5. The van der Waals surface area contributed by atoms with Gasteiger partial charge in [0, 0.05) is 65.5 Å². The van der Waals surface area contributed by atoms with Gasteiger partial charge < -0.3 is 15.0 Å². The fourth-order valence-corrected chi connectivity index (χ4v) is 3.36. The van der Waals surface area contributed by atoms with Crippen molar-refractivity contribution in [3.8, 4) is 0 Å². The van der Waals surface area contributed by atoms with Crippen LogP contribution < -0.4 is 5.32 Å². The molecule has 7 nitrogen and oxygen atoms in total. The summed E-state index contributed by atoms with van der Waals surface area (Å²) >= 11 is 0. The fraction of sp³-hybridized carbons (Fsp3) is 0.750. The second-order valence-corrected chi connectivity index (χ2v) is 6.31. The van der Waals surface area contributed by atoms with Crippen LogP contribution >= 0.6 is 0 Å². The molecule has 2 aliphatic heterocycles. The molecule has 0 saturated carbocycles. The van der Waals surface area contributed by atoms with Gasteiger partial charge in [-0.3, -0.25) is 14.6 Å². The van der Waals surface area contributed by atoms with Crippen molar-refractivity contribution >= 4 is 5.96 Å². The van der Waals surface area contributed by atoms with E-state index in [1.54, 1.807) is 0 Å². The van der Waals surface area contributed by atoms with Crippen LogP contribution in [0.15, 0.2) is 17.4 Å². The van der Waals surface area contributed by atoms with E-state index in [4.69, 9.17) is 4.74 Å². The summed E-state index contributed by atoms with van der Waals surface area (Å²) in [4.78, 5) is 9.25. The van der Waals surface area contributed by atoms with Gasteiger partial charge in [0.05, 0.1) is 19.4 Å². The largest absolute Gasteiger partial charge is 0.379 e. The normalized spacial score (nSPS) is 23.5. The Morgan fingerprint density at radius 3 is 2.91 bits per heavy atom. The lowest BCUT2D eigenvalue weighted by Crippen LogP contribution is -2.45.